The van der Waals surface area contributed by atoms with E-state index in [0.717, 1.165) is 24.5 Å². The van der Waals surface area contributed by atoms with Crippen molar-refractivity contribution in [3.63, 3.8) is 0 Å². The van der Waals surface area contributed by atoms with Crippen molar-refractivity contribution in [2.75, 3.05) is 11.9 Å². The van der Waals surface area contributed by atoms with E-state index in [4.69, 9.17) is 0 Å². The highest BCUT2D eigenvalue weighted by Gasteiger charge is 2.16. The molecule has 0 aliphatic rings. The fourth-order valence-electron chi connectivity index (χ4n) is 1.37. The second-order valence-corrected chi connectivity index (χ2v) is 5.04. The van der Waals surface area contributed by atoms with Gasteiger partial charge >= 0.3 is 0 Å². The number of pyridine rings is 1. The Labute approximate surface area is 93.1 Å². The number of hydrogen-bond donors (Lipinski definition) is 1. The van der Waals surface area contributed by atoms with Crippen LogP contribution in [0.3, 0.4) is 0 Å². The molecule has 0 aromatic carbocycles. The molecule has 1 heterocycles. The monoisotopic (exact) mass is 206 g/mol. The summed E-state index contributed by atoms with van der Waals surface area (Å²) in [5.74, 6) is 1.03. The van der Waals surface area contributed by atoms with E-state index in [1.165, 1.54) is 5.56 Å². The number of aryl methyl sites for hydroxylation is 1. The zero-order valence-electron chi connectivity index (χ0n) is 10.5. The van der Waals surface area contributed by atoms with E-state index in [1.54, 1.807) is 0 Å². The average Bonchev–Trinajstić information content (AvgIpc) is 2.15. The van der Waals surface area contributed by atoms with E-state index in [-0.39, 0.29) is 5.41 Å². The molecule has 0 bridgehead atoms. The molecule has 0 fully saturated rings. The molecule has 0 amide bonds. The van der Waals surface area contributed by atoms with Crippen LogP contribution in [0.25, 0.3) is 0 Å². The first-order valence-corrected chi connectivity index (χ1v) is 5.67. The van der Waals surface area contributed by atoms with Gasteiger partial charge in [0, 0.05) is 17.7 Å². The first kappa shape index (κ1) is 12.0. The van der Waals surface area contributed by atoms with Crippen LogP contribution in [0.1, 0.15) is 45.4 Å². The van der Waals surface area contributed by atoms with Crippen molar-refractivity contribution >= 4 is 5.82 Å². The average molecular weight is 206 g/mol. The number of nitrogens with one attached hydrogen (secondary N) is 1. The van der Waals surface area contributed by atoms with Gasteiger partial charge in [0.05, 0.1) is 0 Å². The molecule has 0 radical (unpaired) electrons. The van der Waals surface area contributed by atoms with Crippen LogP contribution in [-0.4, -0.2) is 11.5 Å². The quantitative estimate of drug-likeness (QED) is 0.818. The summed E-state index contributed by atoms with van der Waals surface area (Å²) in [6.07, 6.45) is 1.13. The van der Waals surface area contributed by atoms with Gasteiger partial charge < -0.3 is 5.32 Å². The van der Waals surface area contributed by atoms with Crippen LogP contribution in [0.4, 0.5) is 5.82 Å². The highest BCUT2D eigenvalue weighted by molar-refractivity contribution is 5.44. The van der Waals surface area contributed by atoms with Gasteiger partial charge in [-0.1, -0.05) is 33.8 Å². The first-order valence-electron chi connectivity index (χ1n) is 5.67. The molecule has 0 unspecified atom stereocenters. The third-order valence-corrected chi connectivity index (χ3v) is 2.41. The molecule has 1 N–H and O–H groups in total. The molecule has 1 aromatic rings. The Morgan fingerprint density at radius 2 is 1.93 bits per heavy atom. The van der Waals surface area contributed by atoms with Crippen molar-refractivity contribution in [1.29, 1.82) is 0 Å². The molecule has 15 heavy (non-hydrogen) atoms. The highest BCUT2D eigenvalue weighted by Crippen LogP contribution is 2.23. The summed E-state index contributed by atoms with van der Waals surface area (Å²) in [6, 6.07) is 4.26. The number of anilines is 1. The summed E-state index contributed by atoms with van der Waals surface area (Å²) >= 11 is 0. The largest absolute Gasteiger partial charge is 0.370 e. The first-order chi connectivity index (χ1) is 6.95. The Morgan fingerprint density at radius 3 is 2.47 bits per heavy atom. The third kappa shape index (κ3) is 3.22. The van der Waals surface area contributed by atoms with Crippen LogP contribution in [0, 0.1) is 6.92 Å². The topological polar surface area (TPSA) is 24.9 Å². The standard InChI is InChI=1S/C13H22N2/c1-6-9-14-12-10(2)7-8-11(15-12)13(3,4)5/h7-8H,6,9H2,1-5H3,(H,14,15). The third-order valence-electron chi connectivity index (χ3n) is 2.41. The van der Waals surface area contributed by atoms with Crippen molar-refractivity contribution in [2.45, 2.75) is 46.5 Å². The minimum atomic E-state index is 0.121. The molecule has 0 atom stereocenters. The second-order valence-electron chi connectivity index (χ2n) is 5.04. The minimum Gasteiger partial charge on any atom is -0.370 e. The Morgan fingerprint density at radius 1 is 1.27 bits per heavy atom. The van der Waals surface area contributed by atoms with Gasteiger partial charge in [0.25, 0.3) is 0 Å². The fraction of sp³-hybridized carbons (Fsp3) is 0.615. The van der Waals surface area contributed by atoms with Gasteiger partial charge in [0.15, 0.2) is 0 Å². The Balaban J connectivity index is 2.95. The van der Waals surface area contributed by atoms with Crippen molar-refractivity contribution in [2.24, 2.45) is 0 Å². The molecule has 1 rings (SSSR count). The zero-order chi connectivity index (χ0) is 11.5. The van der Waals surface area contributed by atoms with Crippen LogP contribution in [0.5, 0.6) is 0 Å². The lowest BCUT2D eigenvalue weighted by Crippen LogP contribution is -2.15. The van der Waals surface area contributed by atoms with Crippen molar-refractivity contribution in [3.05, 3.63) is 23.4 Å². The van der Waals surface area contributed by atoms with E-state index >= 15 is 0 Å². The maximum atomic E-state index is 4.67. The predicted molar refractivity (Wildman–Crippen MR) is 66.5 cm³/mol. The van der Waals surface area contributed by atoms with Crippen molar-refractivity contribution < 1.29 is 0 Å². The molecule has 0 aliphatic heterocycles. The SMILES string of the molecule is CCCNc1nc(C(C)(C)C)ccc1C. The molecular formula is C13H22N2. The van der Waals surface area contributed by atoms with E-state index < -0.39 is 0 Å². The highest BCUT2D eigenvalue weighted by atomic mass is 15.0. The van der Waals surface area contributed by atoms with Gasteiger partial charge in [0.2, 0.25) is 0 Å². The number of hydrogen-bond acceptors (Lipinski definition) is 2. The Bertz CT molecular complexity index is 324. The summed E-state index contributed by atoms with van der Waals surface area (Å²) in [5.41, 5.74) is 2.49. The minimum absolute atomic E-state index is 0.121. The number of aromatic nitrogens is 1. The van der Waals surface area contributed by atoms with Crippen LogP contribution >= 0.6 is 0 Å². The summed E-state index contributed by atoms with van der Waals surface area (Å²) in [6.45, 7) is 11.8. The van der Waals surface area contributed by atoms with Gasteiger partial charge in [-0.15, -0.1) is 0 Å². The summed E-state index contributed by atoms with van der Waals surface area (Å²) in [7, 11) is 0. The van der Waals surface area contributed by atoms with E-state index in [1.807, 2.05) is 0 Å². The van der Waals surface area contributed by atoms with E-state index in [9.17, 15) is 0 Å². The molecule has 0 spiro atoms. The lowest BCUT2D eigenvalue weighted by Gasteiger charge is -2.19. The second kappa shape index (κ2) is 4.65. The maximum absolute atomic E-state index is 4.67. The number of rotatable bonds is 3. The molecule has 0 saturated heterocycles. The van der Waals surface area contributed by atoms with Crippen molar-refractivity contribution in [3.8, 4) is 0 Å². The molecule has 2 heteroatoms. The predicted octanol–water partition coefficient (Wildman–Crippen LogP) is 3.51. The van der Waals surface area contributed by atoms with Crippen LogP contribution in [0.2, 0.25) is 0 Å². The Kier molecular flexibility index (Phi) is 3.72. The van der Waals surface area contributed by atoms with Gasteiger partial charge in [0.1, 0.15) is 5.82 Å². The van der Waals surface area contributed by atoms with E-state index in [2.05, 4.69) is 57.1 Å². The van der Waals surface area contributed by atoms with Crippen LogP contribution < -0.4 is 5.32 Å². The van der Waals surface area contributed by atoms with Gasteiger partial charge in [-0.2, -0.15) is 0 Å². The molecular weight excluding hydrogens is 184 g/mol. The lowest BCUT2D eigenvalue weighted by molar-refractivity contribution is 0.569. The molecule has 0 saturated carbocycles. The summed E-state index contributed by atoms with van der Waals surface area (Å²) < 4.78 is 0. The van der Waals surface area contributed by atoms with Crippen LogP contribution in [0.15, 0.2) is 12.1 Å². The van der Waals surface area contributed by atoms with Crippen LogP contribution in [-0.2, 0) is 5.41 Å². The number of nitrogens with zero attached hydrogens (tertiary/aromatic N) is 1. The van der Waals surface area contributed by atoms with E-state index in [0.29, 0.717) is 0 Å². The normalized spacial score (nSPS) is 11.5. The molecule has 0 aliphatic carbocycles. The maximum Gasteiger partial charge on any atom is 0.129 e. The molecule has 2 nitrogen and oxygen atoms in total. The van der Waals surface area contributed by atoms with Gasteiger partial charge in [-0.3, -0.25) is 0 Å². The fourth-order valence-corrected chi connectivity index (χ4v) is 1.37. The van der Waals surface area contributed by atoms with Gasteiger partial charge in [-0.25, -0.2) is 4.98 Å². The summed E-state index contributed by atoms with van der Waals surface area (Å²) in [5, 5.41) is 3.36. The molecule has 84 valence electrons. The smallest absolute Gasteiger partial charge is 0.129 e. The molecule has 1 aromatic heterocycles. The Hall–Kier alpha value is -1.05. The lowest BCUT2D eigenvalue weighted by atomic mass is 9.91. The summed E-state index contributed by atoms with van der Waals surface area (Å²) in [4.78, 5) is 4.67. The van der Waals surface area contributed by atoms with Crippen molar-refractivity contribution in [1.82, 2.24) is 4.98 Å². The van der Waals surface area contributed by atoms with Gasteiger partial charge in [-0.05, 0) is 25.0 Å². The zero-order valence-corrected chi connectivity index (χ0v) is 10.5.